The molecule has 4 nitrogen and oxygen atoms in total. The van der Waals surface area contributed by atoms with Crippen molar-refractivity contribution in [3.8, 4) is 0 Å². The monoisotopic (exact) mass is 232 g/mol. The molecule has 0 fully saturated rings. The van der Waals surface area contributed by atoms with Gasteiger partial charge in [0.2, 0.25) is 0 Å². The van der Waals surface area contributed by atoms with Gasteiger partial charge in [-0.05, 0) is 5.75 Å². The highest BCUT2D eigenvalue weighted by atomic mass is 32.2. The largest absolute Gasteiger partial charge is 0.331 e. The maximum atomic E-state index is 11.5. The lowest BCUT2D eigenvalue weighted by molar-refractivity contribution is 0.636. The molecule has 78 valence electrons. The van der Waals surface area contributed by atoms with Crippen LogP contribution in [0, 0.1) is 0 Å². The zero-order valence-corrected chi connectivity index (χ0v) is 9.77. The van der Waals surface area contributed by atoms with E-state index in [1.807, 2.05) is 0 Å². The third kappa shape index (κ3) is 2.24. The van der Waals surface area contributed by atoms with Crippen molar-refractivity contribution in [2.24, 2.45) is 14.1 Å². The first kappa shape index (κ1) is 11.5. The fourth-order valence-corrected chi connectivity index (χ4v) is 2.03. The average molecular weight is 232 g/mol. The molecule has 0 bridgehead atoms. The van der Waals surface area contributed by atoms with Gasteiger partial charge in [-0.1, -0.05) is 0 Å². The van der Waals surface area contributed by atoms with E-state index in [1.54, 1.807) is 7.05 Å². The van der Waals surface area contributed by atoms with Crippen molar-refractivity contribution >= 4 is 24.4 Å². The van der Waals surface area contributed by atoms with E-state index in [1.165, 1.54) is 29.4 Å². The zero-order chi connectivity index (χ0) is 10.7. The van der Waals surface area contributed by atoms with Crippen molar-refractivity contribution in [3.05, 3.63) is 26.9 Å². The highest BCUT2D eigenvalue weighted by molar-refractivity contribution is 7.99. The van der Waals surface area contributed by atoms with Crippen LogP contribution >= 0.6 is 24.4 Å². The number of rotatable bonds is 3. The second-order valence-corrected chi connectivity index (χ2v) is 4.36. The van der Waals surface area contributed by atoms with Crippen LogP contribution in [0.5, 0.6) is 0 Å². The lowest BCUT2D eigenvalue weighted by Crippen LogP contribution is -2.37. The molecule has 0 unspecified atom stereocenters. The molecule has 6 heteroatoms. The number of thioether (sulfide) groups is 1. The van der Waals surface area contributed by atoms with Crippen LogP contribution in [0.3, 0.4) is 0 Å². The summed E-state index contributed by atoms with van der Waals surface area (Å²) in [7, 11) is 3.13. The quantitative estimate of drug-likeness (QED) is 0.457. The van der Waals surface area contributed by atoms with Crippen LogP contribution in [-0.2, 0) is 14.1 Å². The fraction of sp³-hybridized carbons (Fsp3) is 0.500. The van der Waals surface area contributed by atoms with Crippen LogP contribution in [0.25, 0.3) is 0 Å². The Morgan fingerprint density at radius 2 is 2.00 bits per heavy atom. The standard InChI is InChI=1S/C8H12N2O2S2/c1-9-6(11)5-7(14-4-3-13)10(2)8(9)12/h5,13H,3-4H2,1-2H3. The predicted molar refractivity (Wildman–Crippen MR) is 61.5 cm³/mol. The van der Waals surface area contributed by atoms with Crippen molar-refractivity contribution in [3.63, 3.8) is 0 Å². The fourth-order valence-electron chi connectivity index (χ4n) is 1.00. The first-order valence-electron chi connectivity index (χ1n) is 4.08. The highest BCUT2D eigenvalue weighted by Gasteiger charge is 2.05. The molecular weight excluding hydrogens is 220 g/mol. The van der Waals surface area contributed by atoms with E-state index in [0.29, 0.717) is 10.8 Å². The van der Waals surface area contributed by atoms with Crippen molar-refractivity contribution in [2.45, 2.75) is 5.03 Å². The molecule has 1 aromatic rings. The Morgan fingerprint density at radius 3 is 2.57 bits per heavy atom. The third-order valence-electron chi connectivity index (χ3n) is 1.82. The Morgan fingerprint density at radius 1 is 1.36 bits per heavy atom. The number of nitrogens with zero attached hydrogens (tertiary/aromatic N) is 2. The Kier molecular flexibility index (Phi) is 3.88. The summed E-state index contributed by atoms with van der Waals surface area (Å²) in [4.78, 5) is 22.8. The lowest BCUT2D eigenvalue weighted by atomic mass is 10.6. The summed E-state index contributed by atoms with van der Waals surface area (Å²) >= 11 is 5.52. The Balaban J connectivity index is 3.20. The van der Waals surface area contributed by atoms with Crippen molar-refractivity contribution < 1.29 is 0 Å². The summed E-state index contributed by atoms with van der Waals surface area (Å²) in [5, 5.41) is 0.687. The van der Waals surface area contributed by atoms with Gasteiger partial charge < -0.3 is 0 Å². The van der Waals surface area contributed by atoms with Gasteiger partial charge in [0.15, 0.2) is 0 Å². The van der Waals surface area contributed by atoms with Gasteiger partial charge in [-0.2, -0.15) is 12.6 Å². The maximum Gasteiger partial charge on any atom is 0.331 e. The number of hydrogen-bond donors (Lipinski definition) is 1. The van der Waals surface area contributed by atoms with Crippen LogP contribution in [0.1, 0.15) is 0 Å². The first-order valence-corrected chi connectivity index (χ1v) is 5.70. The van der Waals surface area contributed by atoms with E-state index in [2.05, 4.69) is 12.6 Å². The molecule has 1 rings (SSSR count). The smallest absolute Gasteiger partial charge is 0.291 e. The summed E-state index contributed by atoms with van der Waals surface area (Å²) in [6, 6.07) is 1.47. The Labute approximate surface area is 91.4 Å². The molecule has 0 aliphatic rings. The third-order valence-corrected chi connectivity index (χ3v) is 3.45. The molecule has 0 aliphatic carbocycles. The molecule has 0 spiro atoms. The SMILES string of the molecule is Cn1c(SCCS)cc(=O)n(C)c1=O. The molecule has 0 saturated carbocycles. The van der Waals surface area contributed by atoms with Gasteiger partial charge in [-0.3, -0.25) is 13.9 Å². The van der Waals surface area contributed by atoms with Gasteiger partial charge in [-0.25, -0.2) is 4.79 Å². The predicted octanol–water partition coefficient (Wildman–Crippen LogP) is 0.106. The average Bonchev–Trinajstić information content (AvgIpc) is 2.18. The summed E-state index contributed by atoms with van der Waals surface area (Å²) in [5.74, 6) is 1.50. The minimum Gasteiger partial charge on any atom is -0.291 e. The van der Waals surface area contributed by atoms with E-state index in [0.717, 1.165) is 10.3 Å². The number of hydrogen-bond acceptors (Lipinski definition) is 4. The summed E-state index contributed by atoms with van der Waals surface area (Å²) < 4.78 is 2.56. The van der Waals surface area contributed by atoms with Crippen molar-refractivity contribution in [1.82, 2.24) is 9.13 Å². The van der Waals surface area contributed by atoms with Gasteiger partial charge in [0.25, 0.3) is 5.56 Å². The highest BCUT2D eigenvalue weighted by Crippen LogP contribution is 2.13. The Hall–Kier alpha value is -0.620. The van der Waals surface area contributed by atoms with Crippen LogP contribution < -0.4 is 11.2 Å². The molecule has 0 N–H and O–H groups in total. The first-order chi connectivity index (χ1) is 6.57. The Bertz CT molecular complexity index is 436. The van der Waals surface area contributed by atoms with Gasteiger partial charge in [-0.15, -0.1) is 11.8 Å². The maximum absolute atomic E-state index is 11.5. The molecule has 0 saturated heterocycles. The second kappa shape index (κ2) is 4.75. The second-order valence-electron chi connectivity index (χ2n) is 2.79. The molecule has 0 aromatic carbocycles. The van der Waals surface area contributed by atoms with Crippen LogP contribution in [-0.4, -0.2) is 20.6 Å². The number of thiol groups is 1. The number of aromatic nitrogens is 2. The molecule has 14 heavy (non-hydrogen) atoms. The van der Waals surface area contributed by atoms with E-state index in [-0.39, 0.29) is 11.2 Å². The minimum absolute atomic E-state index is 0.269. The minimum atomic E-state index is -0.292. The topological polar surface area (TPSA) is 44.0 Å². The summed E-state index contributed by atoms with van der Waals surface area (Å²) in [6.07, 6.45) is 0. The normalized spacial score (nSPS) is 10.5. The molecular formula is C8H12N2O2S2. The van der Waals surface area contributed by atoms with E-state index in [9.17, 15) is 9.59 Å². The molecule has 0 radical (unpaired) electrons. The van der Waals surface area contributed by atoms with Crippen molar-refractivity contribution in [2.75, 3.05) is 11.5 Å². The van der Waals surface area contributed by atoms with Gasteiger partial charge in [0.05, 0.1) is 5.03 Å². The molecule has 1 heterocycles. The van der Waals surface area contributed by atoms with Crippen molar-refractivity contribution in [1.29, 1.82) is 0 Å². The molecule has 0 aliphatic heterocycles. The van der Waals surface area contributed by atoms with E-state index < -0.39 is 0 Å². The zero-order valence-electron chi connectivity index (χ0n) is 8.06. The van der Waals surface area contributed by atoms with Gasteiger partial charge in [0.1, 0.15) is 0 Å². The van der Waals surface area contributed by atoms with Gasteiger partial charge >= 0.3 is 5.69 Å². The van der Waals surface area contributed by atoms with Gasteiger partial charge in [0, 0.05) is 25.9 Å². The van der Waals surface area contributed by atoms with E-state index >= 15 is 0 Å². The summed E-state index contributed by atoms with van der Waals surface area (Å²) in [5.41, 5.74) is -0.561. The molecule has 0 amide bonds. The van der Waals surface area contributed by atoms with Crippen LogP contribution in [0.4, 0.5) is 0 Å². The van der Waals surface area contributed by atoms with E-state index in [4.69, 9.17) is 0 Å². The van der Waals surface area contributed by atoms with Crippen LogP contribution in [0.15, 0.2) is 20.7 Å². The van der Waals surface area contributed by atoms with Crippen LogP contribution in [0.2, 0.25) is 0 Å². The molecule has 0 atom stereocenters. The molecule has 1 aromatic heterocycles. The lowest BCUT2D eigenvalue weighted by Gasteiger charge is -2.07. The summed E-state index contributed by atoms with van der Waals surface area (Å²) in [6.45, 7) is 0.